The number of esters is 1. The van der Waals surface area contributed by atoms with Gasteiger partial charge in [0.1, 0.15) is 5.75 Å². The lowest BCUT2D eigenvalue weighted by Crippen LogP contribution is -1.96. The summed E-state index contributed by atoms with van der Waals surface area (Å²) in [4.78, 5) is 10.9. The number of methoxy groups -OCH3 is 2. The summed E-state index contributed by atoms with van der Waals surface area (Å²) >= 11 is 5.86. The van der Waals surface area contributed by atoms with Gasteiger partial charge in [-0.05, 0) is 18.2 Å². The number of hydrogen-bond acceptors (Lipinski definition) is 3. The fourth-order valence-corrected chi connectivity index (χ4v) is 1.38. The van der Waals surface area contributed by atoms with Crippen LogP contribution in [0.1, 0.15) is 12.0 Å². The highest BCUT2D eigenvalue weighted by Gasteiger charge is 2.00. The number of carbonyl (C=O) groups is 1. The lowest BCUT2D eigenvalue weighted by Gasteiger charge is -2.04. The third-order valence-corrected chi connectivity index (χ3v) is 2.24. The van der Waals surface area contributed by atoms with E-state index in [9.17, 15) is 4.79 Å². The predicted octanol–water partition coefficient (Wildman–Crippen LogP) is 2.92. The minimum Gasteiger partial charge on any atom is -0.496 e. The fraction of sp³-hybridized carbons (Fsp3) is 0.250. The van der Waals surface area contributed by atoms with E-state index in [-0.39, 0.29) is 12.4 Å². The molecule has 16 heavy (non-hydrogen) atoms. The molecule has 0 aromatic heterocycles. The lowest BCUT2D eigenvalue weighted by molar-refractivity contribution is -0.139. The van der Waals surface area contributed by atoms with Gasteiger partial charge in [0, 0.05) is 10.6 Å². The van der Waals surface area contributed by atoms with Crippen molar-refractivity contribution in [3.05, 3.63) is 34.9 Å². The first-order chi connectivity index (χ1) is 7.67. The summed E-state index contributed by atoms with van der Waals surface area (Å²) in [6.45, 7) is 0. The summed E-state index contributed by atoms with van der Waals surface area (Å²) < 4.78 is 9.68. The van der Waals surface area contributed by atoms with Crippen LogP contribution in [0.15, 0.2) is 24.3 Å². The molecule has 0 unspecified atom stereocenters. The first-order valence-electron chi connectivity index (χ1n) is 4.74. The third-order valence-electron chi connectivity index (χ3n) is 2.00. The zero-order valence-electron chi connectivity index (χ0n) is 9.20. The molecule has 0 saturated carbocycles. The van der Waals surface area contributed by atoms with Gasteiger partial charge in [-0.1, -0.05) is 23.8 Å². The monoisotopic (exact) mass is 240 g/mol. The van der Waals surface area contributed by atoms with Crippen LogP contribution in [0.5, 0.6) is 5.75 Å². The summed E-state index contributed by atoms with van der Waals surface area (Å²) in [5, 5.41) is 0.624. The van der Waals surface area contributed by atoms with Gasteiger partial charge in [0.05, 0.1) is 20.6 Å². The molecule has 0 bridgehead atoms. The molecule has 0 aliphatic carbocycles. The second kappa shape index (κ2) is 6.18. The zero-order chi connectivity index (χ0) is 12.0. The van der Waals surface area contributed by atoms with E-state index in [0.717, 1.165) is 5.56 Å². The maximum atomic E-state index is 10.9. The van der Waals surface area contributed by atoms with Gasteiger partial charge >= 0.3 is 5.97 Å². The molecule has 86 valence electrons. The molecule has 1 aromatic carbocycles. The van der Waals surface area contributed by atoms with Crippen LogP contribution in [-0.4, -0.2) is 20.2 Å². The smallest absolute Gasteiger partial charge is 0.309 e. The molecule has 0 heterocycles. The third kappa shape index (κ3) is 3.59. The summed E-state index contributed by atoms with van der Waals surface area (Å²) in [6, 6.07) is 5.30. The van der Waals surface area contributed by atoms with Crippen LogP contribution in [-0.2, 0) is 9.53 Å². The fourth-order valence-electron chi connectivity index (χ4n) is 1.20. The molecule has 0 aliphatic rings. The van der Waals surface area contributed by atoms with E-state index in [1.807, 2.05) is 0 Å². The maximum absolute atomic E-state index is 10.9. The Kier molecular flexibility index (Phi) is 4.86. The van der Waals surface area contributed by atoms with Crippen LogP contribution in [0.3, 0.4) is 0 Å². The van der Waals surface area contributed by atoms with Gasteiger partial charge in [-0.2, -0.15) is 0 Å². The highest BCUT2D eigenvalue weighted by Crippen LogP contribution is 2.23. The summed E-state index contributed by atoms with van der Waals surface area (Å²) in [7, 11) is 2.94. The summed E-state index contributed by atoms with van der Waals surface area (Å²) in [5.41, 5.74) is 0.832. The zero-order valence-corrected chi connectivity index (χ0v) is 9.95. The highest BCUT2D eigenvalue weighted by atomic mass is 35.5. The van der Waals surface area contributed by atoms with Crippen LogP contribution in [0, 0.1) is 0 Å². The van der Waals surface area contributed by atoms with Crippen molar-refractivity contribution < 1.29 is 14.3 Å². The molecular formula is C12H13ClO3. The van der Waals surface area contributed by atoms with Gasteiger partial charge in [-0.25, -0.2) is 0 Å². The average molecular weight is 241 g/mol. The number of carbonyl (C=O) groups excluding carboxylic acids is 1. The Bertz CT molecular complexity index is 399. The average Bonchev–Trinajstić information content (AvgIpc) is 2.29. The normalized spacial score (nSPS) is 10.4. The summed E-state index contributed by atoms with van der Waals surface area (Å²) in [5.74, 6) is 0.433. The number of benzene rings is 1. The largest absolute Gasteiger partial charge is 0.496 e. The Morgan fingerprint density at radius 1 is 1.44 bits per heavy atom. The Hall–Kier alpha value is -1.48. The Balaban J connectivity index is 2.79. The van der Waals surface area contributed by atoms with E-state index >= 15 is 0 Å². The Labute approximate surface area is 99.6 Å². The van der Waals surface area contributed by atoms with E-state index in [2.05, 4.69) is 4.74 Å². The number of ether oxygens (including phenoxy) is 2. The molecule has 0 atom stereocenters. The van der Waals surface area contributed by atoms with Gasteiger partial charge in [0.15, 0.2) is 0 Å². The number of rotatable bonds is 4. The first kappa shape index (κ1) is 12.6. The molecule has 0 spiro atoms. The first-order valence-corrected chi connectivity index (χ1v) is 5.12. The van der Waals surface area contributed by atoms with Crippen molar-refractivity contribution in [2.75, 3.05) is 14.2 Å². The molecular weight excluding hydrogens is 228 g/mol. The van der Waals surface area contributed by atoms with E-state index in [1.54, 1.807) is 37.5 Å². The van der Waals surface area contributed by atoms with Crippen LogP contribution < -0.4 is 4.74 Å². The lowest BCUT2D eigenvalue weighted by atomic mass is 10.2. The molecule has 1 aromatic rings. The number of halogens is 1. The molecule has 0 radical (unpaired) electrons. The maximum Gasteiger partial charge on any atom is 0.309 e. The topological polar surface area (TPSA) is 35.5 Å². The quantitative estimate of drug-likeness (QED) is 0.759. The molecule has 3 nitrogen and oxygen atoms in total. The van der Waals surface area contributed by atoms with Crippen LogP contribution >= 0.6 is 11.6 Å². The molecule has 0 N–H and O–H groups in total. The Morgan fingerprint density at radius 2 is 2.19 bits per heavy atom. The van der Waals surface area contributed by atoms with Crippen molar-refractivity contribution in [2.24, 2.45) is 0 Å². The highest BCUT2D eigenvalue weighted by molar-refractivity contribution is 6.30. The van der Waals surface area contributed by atoms with E-state index < -0.39 is 0 Å². The van der Waals surface area contributed by atoms with Gasteiger partial charge in [-0.15, -0.1) is 0 Å². The molecule has 0 saturated heterocycles. The molecule has 4 heteroatoms. The van der Waals surface area contributed by atoms with Crippen molar-refractivity contribution in [3.63, 3.8) is 0 Å². The van der Waals surface area contributed by atoms with Crippen molar-refractivity contribution in [3.8, 4) is 5.75 Å². The second-order valence-corrected chi connectivity index (χ2v) is 3.51. The van der Waals surface area contributed by atoms with Crippen molar-refractivity contribution >= 4 is 23.6 Å². The molecule has 0 amide bonds. The van der Waals surface area contributed by atoms with Crippen molar-refractivity contribution in [1.82, 2.24) is 0 Å². The minimum atomic E-state index is -0.280. The molecule has 0 aliphatic heterocycles. The van der Waals surface area contributed by atoms with Crippen LogP contribution in [0.2, 0.25) is 5.02 Å². The molecule has 0 fully saturated rings. The van der Waals surface area contributed by atoms with E-state index in [1.165, 1.54) is 7.11 Å². The van der Waals surface area contributed by atoms with Gasteiger partial charge < -0.3 is 9.47 Å². The SMILES string of the molecule is COC(=O)CC=Cc1cc(Cl)ccc1OC. The van der Waals surface area contributed by atoms with Gasteiger partial charge in [0.25, 0.3) is 0 Å². The van der Waals surface area contributed by atoms with Crippen molar-refractivity contribution in [2.45, 2.75) is 6.42 Å². The standard InChI is InChI=1S/C12H13ClO3/c1-15-11-7-6-10(13)8-9(11)4-3-5-12(14)16-2/h3-4,6-8H,5H2,1-2H3. The minimum absolute atomic E-state index is 0.228. The number of hydrogen-bond donors (Lipinski definition) is 0. The van der Waals surface area contributed by atoms with Gasteiger partial charge in [-0.3, -0.25) is 4.79 Å². The van der Waals surface area contributed by atoms with Gasteiger partial charge in [0.2, 0.25) is 0 Å². The van der Waals surface area contributed by atoms with Crippen LogP contribution in [0.4, 0.5) is 0 Å². The molecule has 1 rings (SSSR count). The second-order valence-electron chi connectivity index (χ2n) is 3.07. The van der Waals surface area contributed by atoms with E-state index in [0.29, 0.717) is 10.8 Å². The van der Waals surface area contributed by atoms with Crippen molar-refractivity contribution in [1.29, 1.82) is 0 Å². The summed E-state index contributed by atoms with van der Waals surface area (Å²) in [6.07, 6.45) is 3.72. The Morgan fingerprint density at radius 3 is 2.81 bits per heavy atom. The van der Waals surface area contributed by atoms with Crippen LogP contribution in [0.25, 0.3) is 6.08 Å². The van der Waals surface area contributed by atoms with E-state index in [4.69, 9.17) is 16.3 Å². The predicted molar refractivity (Wildman–Crippen MR) is 63.7 cm³/mol.